The summed E-state index contributed by atoms with van der Waals surface area (Å²) in [5, 5.41) is 11.1. The second-order valence-electron chi connectivity index (χ2n) is 6.66. The quantitative estimate of drug-likeness (QED) is 0.606. The fraction of sp³-hybridized carbons (Fsp3) is 0.286. The van der Waals surface area contributed by atoms with E-state index >= 15 is 0 Å². The predicted octanol–water partition coefficient (Wildman–Crippen LogP) is 4.81. The average Bonchev–Trinajstić information content (AvgIpc) is 3.18. The number of thiophene rings is 1. The van der Waals surface area contributed by atoms with E-state index < -0.39 is 5.97 Å². The highest BCUT2D eigenvalue weighted by atomic mass is 32.1. The Morgan fingerprint density at radius 3 is 2.59 bits per heavy atom. The number of carboxylic acids is 1. The molecule has 0 amide bonds. The predicted molar refractivity (Wildman–Crippen MR) is 109 cm³/mol. The molecule has 0 unspecified atom stereocenters. The summed E-state index contributed by atoms with van der Waals surface area (Å²) in [4.78, 5) is 23.3. The van der Waals surface area contributed by atoms with Gasteiger partial charge in [0.15, 0.2) is 5.82 Å². The van der Waals surface area contributed by atoms with Crippen molar-refractivity contribution in [2.75, 3.05) is 11.4 Å². The number of benzene rings is 1. The van der Waals surface area contributed by atoms with E-state index in [1.54, 1.807) is 17.5 Å². The van der Waals surface area contributed by atoms with Crippen LogP contribution >= 0.6 is 11.3 Å². The van der Waals surface area contributed by atoms with Gasteiger partial charge >= 0.3 is 5.97 Å². The summed E-state index contributed by atoms with van der Waals surface area (Å²) in [5.41, 5.74) is 2.23. The monoisotopic (exact) mass is 381 g/mol. The van der Waals surface area contributed by atoms with Crippen LogP contribution in [0.5, 0.6) is 0 Å². The zero-order valence-electron chi connectivity index (χ0n) is 15.5. The highest BCUT2D eigenvalue weighted by Gasteiger charge is 2.13. The first-order chi connectivity index (χ1) is 13.0. The molecule has 0 aliphatic carbocycles. The van der Waals surface area contributed by atoms with Crippen LogP contribution in [0.3, 0.4) is 0 Å². The zero-order valence-corrected chi connectivity index (χ0v) is 16.3. The minimum Gasteiger partial charge on any atom is -0.481 e. The molecule has 6 heteroatoms. The van der Waals surface area contributed by atoms with Crippen molar-refractivity contribution in [2.24, 2.45) is 0 Å². The summed E-state index contributed by atoms with van der Waals surface area (Å²) >= 11 is 1.65. The van der Waals surface area contributed by atoms with Crippen molar-refractivity contribution in [1.29, 1.82) is 0 Å². The van der Waals surface area contributed by atoms with Crippen LogP contribution in [0.25, 0.3) is 11.4 Å². The molecule has 3 aromatic rings. The Bertz CT molecular complexity index is 877. The van der Waals surface area contributed by atoms with Crippen molar-refractivity contribution in [3.8, 4) is 11.4 Å². The Hall–Kier alpha value is -2.73. The molecule has 0 aliphatic heterocycles. The van der Waals surface area contributed by atoms with Gasteiger partial charge in [0.1, 0.15) is 5.82 Å². The summed E-state index contributed by atoms with van der Waals surface area (Å²) in [6.45, 7) is 5.36. The van der Waals surface area contributed by atoms with Gasteiger partial charge in [-0.15, -0.1) is 11.3 Å². The Balaban J connectivity index is 1.86. The third-order valence-corrected chi connectivity index (χ3v) is 5.18. The summed E-state index contributed by atoms with van der Waals surface area (Å²) < 4.78 is 0. The molecule has 3 rings (SSSR count). The van der Waals surface area contributed by atoms with Gasteiger partial charge in [-0.2, -0.15) is 0 Å². The van der Waals surface area contributed by atoms with E-state index in [9.17, 15) is 4.79 Å². The summed E-state index contributed by atoms with van der Waals surface area (Å²) in [7, 11) is 0. The molecular weight excluding hydrogens is 358 g/mol. The molecule has 0 aliphatic rings. The Morgan fingerprint density at radius 1 is 1.19 bits per heavy atom. The molecule has 0 saturated carbocycles. The number of hydrogen-bond donors (Lipinski definition) is 1. The van der Waals surface area contributed by atoms with Gasteiger partial charge in [0, 0.05) is 23.2 Å². The summed E-state index contributed by atoms with van der Waals surface area (Å²) in [6.07, 6.45) is 1.80. The first-order valence-electron chi connectivity index (χ1n) is 8.95. The van der Waals surface area contributed by atoms with Gasteiger partial charge in [-0.3, -0.25) is 4.79 Å². The molecule has 0 saturated heterocycles. The standard InChI is InChI=1S/C21H23N3O2S/c1-15(2)16-5-7-17(8-6-16)21-22-11-9-19(23-21)24(12-10-20(25)26)14-18-4-3-13-27-18/h3-9,11,13,15H,10,12,14H2,1-2H3,(H,25,26). The van der Waals surface area contributed by atoms with Gasteiger partial charge < -0.3 is 10.0 Å². The number of aliphatic carboxylic acids is 1. The van der Waals surface area contributed by atoms with Crippen LogP contribution in [-0.4, -0.2) is 27.6 Å². The SMILES string of the molecule is CC(C)c1ccc(-c2nccc(N(CCC(=O)O)Cc3cccs3)n2)cc1. The van der Waals surface area contributed by atoms with Crippen molar-refractivity contribution < 1.29 is 9.90 Å². The molecule has 0 radical (unpaired) electrons. The number of carboxylic acid groups (broad SMARTS) is 1. The maximum absolute atomic E-state index is 11.1. The van der Waals surface area contributed by atoms with Gasteiger partial charge in [0.05, 0.1) is 13.0 Å². The van der Waals surface area contributed by atoms with E-state index in [2.05, 4.69) is 31.0 Å². The van der Waals surface area contributed by atoms with Gasteiger partial charge in [-0.25, -0.2) is 9.97 Å². The summed E-state index contributed by atoms with van der Waals surface area (Å²) in [5.74, 6) is 1.05. The topological polar surface area (TPSA) is 66.3 Å². The molecule has 2 aromatic heterocycles. The van der Waals surface area contributed by atoms with Crippen LogP contribution in [-0.2, 0) is 11.3 Å². The number of rotatable bonds is 8. The molecule has 0 fully saturated rings. The lowest BCUT2D eigenvalue weighted by atomic mass is 10.0. The van der Waals surface area contributed by atoms with Crippen molar-refractivity contribution in [2.45, 2.75) is 32.7 Å². The maximum atomic E-state index is 11.1. The lowest BCUT2D eigenvalue weighted by Crippen LogP contribution is -2.26. The van der Waals surface area contributed by atoms with Gasteiger partial charge in [-0.05, 0) is 29.0 Å². The highest BCUT2D eigenvalue weighted by Crippen LogP contribution is 2.23. The van der Waals surface area contributed by atoms with Crippen molar-refractivity contribution in [3.63, 3.8) is 0 Å². The molecule has 27 heavy (non-hydrogen) atoms. The zero-order chi connectivity index (χ0) is 19.2. The second kappa shape index (κ2) is 8.77. The fourth-order valence-corrected chi connectivity index (χ4v) is 3.50. The number of hydrogen-bond acceptors (Lipinski definition) is 5. The fourth-order valence-electron chi connectivity index (χ4n) is 2.78. The molecule has 0 atom stereocenters. The second-order valence-corrected chi connectivity index (χ2v) is 7.69. The van der Waals surface area contributed by atoms with Crippen LogP contribution in [0, 0.1) is 0 Å². The van der Waals surface area contributed by atoms with Crippen LogP contribution in [0.15, 0.2) is 54.0 Å². The number of carbonyl (C=O) groups is 1. The largest absolute Gasteiger partial charge is 0.481 e. The molecule has 1 aromatic carbocycles. The van der Waals surface area contributed by atoms with E-state index in [0.29, 0.717) is 24.8 Å². The molecular formula is C21H23N3O2S. The van der Waals surface area contributed by atoms with E-state index in [1.807, 2.05) is 40.6 Å². The molecule has 5 nitrogen and oxygen atoms in total. The average molecular weight is 382 g/mol. The normalized spacial score (nSPS) is 10.9. The number of aromatic nitrogens is 2. The van der Waals surface area contributed by atoms with E-state index in [1.165, 1.54) is 10.4 Å². The minimum absolute atomic E-state index is 0.0633. The van der Waals surface area contributed by atoms with Crippen LogP contribution in [0.2, 0.25) is 0 Å². The van der Waals surface area contributed by atoms with E-state index in [4.69, 9.17) is 10.1 Å². The number of anilines is 1. The van der Waals surface area contributed by atoms with Crippen molar-refractivity contribution >= 4 is 23.1 Å². The summed E-state index contributed by atoms with van der Waals surface area (Å²) in [6, 6.07) is 14.2. The van der Waals surface area contributed by atoms with Gasteiger partial charge in [0.25, 0.3) is 0 Å². The third-order valence-electron chi connectivity index (χ3n) is 4.32. The minimum atomic E-state index is -0.815. The number of nitrogens with zero attached hydrogens (tertiary/aromatic N) is 3. The first-order valence-corrected chi connectivity index (χ1v) is 9.83. The lowest BCUT2D eigenvalue weighted by molar-refractivity contribution is -0.136. The third kappa shape index (κ3) is 5.14. The lowest BCUT2D eigenvalue weighted by Gasteiger charge is -2.22. The van der Waals surface area contributed by atoms with Crippen molar-refractivity contribution in [1.82, 2.24) is 9.97 Å². The molecule has 0 bridgehead atoms. The Kier molecular flexibility index (Phi) is 6.19. The van der Waals surface area contributed by atoms with E-state index in [-0.39, 0.29) is 6.42 Å². The van der Waals surface area contributed by atoms with Crippen LogP contribution in [0.4, 0.5) is 5.82 Å². The first kappa shape index (κ1) is 19.0. The van der Waals surface area contributed by atoms with Crippen LogP contribution in [0.1, 0.15) is 36.6 Å². The van der Waals surface area contributed by atoms with Crippen molar-refractivity contribution in [3.05, 3.63) is 64.5 Å². The highest BCUT2D eigenvalue weighted by molar-refractivity contribution is 7.09. The van der Waals surface area contributed by atoms with E-state index in [0.717, 1.165) is 11.4 Å². The maximum Gasteiger partial charge on any atom is 0.305 e. The molecule has 2 heterocycles. The Morgan fingerprint density at radius 2 is 1.96 bits per heavy atom. The smallest absolute Gasteiger partial charge is 0.305 e. The molecule has 1 N–H and O–H groups in total. The molecule has 0 spiro atoms. The van der Waals surface area contributed by atoms with Gasteiger partial charge in [-0.1, -0.05) is 44.2 Å². The Labute approximate surface area is 163 Å². The molecule has 140 valence electrons. The van der Waals surface area contributed by atoms with Crippen LogP contribution < -0.4 is 4.90 Å². The van der Waals surface area contributed by atoms with Gasteiger partial charge in [0.2, 0.25) is 0 Å².